The molecule has 0 unspecified atom stereocenters. The predicted octanol–water partition coefficient (Wildman–Crippen LogP) is 0.337. The average Bonchev–Trinajstić information content (AvgIpc) is 2.58. The Labute approximate surface area is 86.0 Å². The summed E-state index contributed by atoms with van der Waals surface area (Å²) in [6, 6.07) is -0.818. The number of carbonyl (C=O) groups excluding carboxylic acids is 2. The molecule has 0 aromatic carbocycles. The lowest BCUT2D eigenvalue weighted by Crippen LogP contribution is -2.41. The molecule has 4 nitrogen and oxygen atoms in total. The van der Waals surface area contributed by atoms with Crippen molar-refractivity contribution in [3.05, 3.63) is 0 Å². The van der Waals surface area contributed by atoms with Crippen molar-refractivity contribution in [3.63, 3.8) is 0 Å². The predicted molar refractivity (Wildman–Crippen MR) is 47.8 cm³/mol. The van der Waals surface area contributed by atoms with Gasteiger partial charge in [-0.1, -0.05) is 0 Å². The van der Waals surface area contributed by atoms with Gasteiger partial charge in [-0.3, -0.25) is 4.79 Å². The van der Waals surface area contributed by atoms with Crippen molar-refractivity contribution in [2.75, 3.05) is 19.5 Å². The number of hydrogen-bond acceptors (Lipinski definition) is 3. The van der Waals surface area contributed by atoms with Gasteiger partial charge in [-0.25, -0.2) is 9.18 Å². The second-order valence-corrected chi connectivity index (χ2v) is 3.32. The van der Waals surface area contributed by atoms with Crippen molar-refractivity contribution in [1.29, 1.82) is 0 Å². The lowest BCUT2D eigenvalue weighted by atomic mass is 10.2. The van der Waals surface area contributed by atoms with Gasteiger partial charge in [-0.05, 0) is 0 Å². The number of likely N-dealkylation sites (tertiary alicyclic amines) is 1. The SMILES string of the molecule is COC(=O)[C@H]1C[C@H](F)CN1C(=O)CCl. The third-order valence-corrected chi connectivity index (χ3v) is 2.39. The largest absolute Gasteiger partial charge is 0.467 e. The Bertz CT molecular complexity index is 225. The number of rotatable bonds is 2. The van der Waals surface area contributed by atoms with E-state index in [1.807, 2.05) is 0 Å². The molecule has 1 fully saturated rings. The van der Waals surface area contributed by atoms with Gasteiger partial charge < -0.3 is 9.64 Å². The van der Waals surface area contributed by atoms with Crippen LogP contribution in [0.3, 0.4) is 0 Å². The van der Waals surface area contributed by atoms with E-state index < -0.39 is 24.1 Å². The molecule has 1 aliphatic heterocycles. The lowest BCUT2D eigenvalue weighted by Gasteiger charge is -2.20. The number of nitrogens with zero attached hydrogens (tertiary/aromatic N) is 1. The van der Waals surface area contributed by atoms with Crippen LogP contribution in [0.4, 0.5) is 4.39 Å². The molecule has 1 amide bonds. The van der Waals surface area contributed by atoms with Gasteiger partial charge >= 0.3 is 5.97 Å². The smallest absolute Gasteiger partial charge is 0.328 e. The van der Waals surface area contributed by atoms with Gasteiger partial charge in [0, 0.05) is 6.42 Å². The van der Waals surface area contributed by atoms with Crippen LogP contribution in [-0.4, -0.2) is 48.5 Å². The van der Waals surface area contributed by atoms with Gasteiger partial charge in [0.1, 0.15) is 18.1 Å². The molecule has 1 heterocycles. The number of methoxy groups -OCH3 is 1. The Kier molecular flexibility index (Phi) is 3.69. The molecular formula is C8H11ClFNO3. The van der Waals surface area contributed by atoms with Crippen molar-refractivity contribution < 1.29 is 18.7 Å². The molecule has 0 aliphatic carbocycles. The summed E-state index contributed by atoms with van der Waals surface area (Å²) in [6.07, 6.45) is -1.18. The maximum Gasteiger partial charge on any atom is 0.328 e. The zero-order valence-corrected chi connectivity index (χ0v) is 8.46. The highest BCUT2D eigenvalue weighted by Crippen LogP contribution is 2.21. The molecule has 1 saturated heterocycles. The molecule has 0 radical (unpaired) electrons. The van der Waals surface area contributed by atoms with Gasteiger partial charge in [-0.2, -0.15) is 0 Å². The normalized spacial score (nSPS) is 26.4. The van der Waals surface area contributed by atoms with E-state index in [9.17, 15) is 14.0 Å². The van der Waals surface area contributed by atoms with Crippen LogP contribution in [-0.2, 0) is 14.3 Å². The third-order valence-electron chi connectivity index (χ3n) is 2.16. The van der Waals surface area contributed by atoms with E-state index in [4.69, 9.17) is 11.6 Å². The van der Waals surface area contributed by atoms with Crippen molar-refractivity contribution in [3.8, 4) is 0 Å². The molecule has 2 atom stereocenters. The summed E-state index contributed by atoms with van der Waals surface area (Å²) in [7, 11) is 1.21. The highest BCUT2D eigenvalue weighted by molar-refractivity contribution is 6.27. The number of halogens is 2. The number of carbonyl (C=O) groups is 2. The van der Waals surface area contributed by atoms with Gasteiger partial charge in [-0.15, -0.1) is 11.6 Å². The summed E-state index contributed by atoms with van der Waals surface area (Å²) >= 11 is 5.33. The van der Waals surface area contributed by atoms with Crippen LogP contribution < -0.4 is 0 Å². The molecule has 6 heteroatoms. The molecule has 0 spiro atoms. The van der Waals surface area contributed by atoms with Crippen LogP contribution in [0.2, 0.25) is 0 Å². The van der Waals surface area contributed by atoms with E-state index in [1.54, 1.807) is 0 Å². The van der Waals surface area contributed by atoms with E-state index >= 15 is 0 Å². The maximum atomic E-state index is 13.0. The number of alkyl halides is 2. The second kappa shape index (κ2) is 4.59. The Hall–Kier alpha value is -0.840. The molecule has 0 bridgehead atoms. The monoisotopic (exact) mass is 223 g/mol. The van der Waals surface area contributed by atoms with E-state index in [0.717, 1.165) is 4.90 Å². The van der Waals surface area contributed by atoms with E-state index in [-0.39, 0.29) is 18.8 Å². The summed E-state index contributed by atoms with van der Waals surface area (Å²) in [6.45, 7) is -0.0781. The van der Waals surface area contributed by atoms with Crippen LogP contribution in [0.25, 0.3) is 0 Å². The van der Waals surface area contributed by atoms with E-state index in [1.165, 1.54) is 7.11 Å². The zero-order valence-electron chi connectivity index (χ0n) is 7.70. The van der Waals surface area contributed by atoms with Crippen LogP contribution in [0.5, 0.6) is 0 Å². The molecule has 0 aromatic heterocycles. The fourth-order valence-corrected chi connectivity index (χ4v) is 1.65. The first-order valence-corrected chi connectivity index (χ1v) is 4.71. The number of esters is 1. The minimum atomic E-state index is -1.17. The maximum absolute atomic E-state index is 13.0. The third kappa shape index (κ3) is 2.15. The summed E-state index contributed by atoms with van der Waals surface area (Å²) < 4.78 is 17.4. The van der Waals surface area contributed by atoms with Crippen LogP contribution in [0.1, 0.15) is 6.42 Å². The van der Waals surface area contributed by atoms with Crippen molar-refractivity contribution >= 4 is 23.5 Å². The fourth-order valence-electron chi connectivity index (χ4n) is 1.50. The minimum absolute atomic E-state index is 0.00466. The molecule has 0 saturated carbocycles. The summed E-state index contributed by atoms with van der Waals surface area (Å²) in [5.41, 5.74) is 0. The molecular weight excluding hydrogens is 213 g/mol. The minimum Gasteiger partial charge on any atom is -0.467 e. The van der Waals surface area contributed by atoms with E-state index in [0.29, 0.717) is 0 Å². The van der Waals surface area contributed by atoms with Gasteiger partial charge in [0.2, 0.25) is 5.91 Å². The first kappa shape index (κ1) is 11.2. The highest BCUT2D eigenvalue weighted by Gasteiger charge is 2.39. The Balaban J connectivity index is 2.72. The molecule has 0 aromatic rings. The summed E-state index contributed by atoms with van der Waals surface area (Å²) in [4.78, 5) is 23.5. The van der Waals surface area contributed by atoms with Gasteiger partial charge in [0.25, 0.3) is 0 Å². The Morgan fingerprint density at radius 1 is 1.64 bits per heavy atom. The second-order valence-electron chi connectivity index (χ2n) is 3.05. The molecule has 14 heavy (non-hydrogen) atoms. The topological polar surface area (TPSA) is 46.6 Å². The van der Waals surface area contributed by atoms with Gasteiger partial charge in [0.05, 0.1) is 13.7 Å². The average molecular weight is 224 g/mol. The zero-order chi connectivity index (χ0) is 10.7. The van der Waals surface area contributed by atoms with Crippen molar-refractivity contribution in [2.24, 2.45) is 0 Å². The molecule has 0 N–H and O–H groups in total. The van der Waals surface area contributed by atoms with Crippen molar-refractivity contribution in [2.45, 2.75) is 18.6 Å². The molecule has 1 aliphatic rings. The molecule has 1 rings (SSSR count). The first-order valence-electron chi connectivity index (χ1n) is 4.17. The number of amides is 1. The quantitative estimate of drug-likeness (QED) is 0.501. The summed E-state index contributed by atoms with van der Waals surface area (Å²) in [5.74, 6) is -1.29. The van der Waals surface area contributed by atoms with Crippen molar-refractivity contribution in [1.82, 2.24) is 4.90 Å². The Morgan fingerprint density at radius 3 is 2.79 bits per heavy atom. The van der Waals surface area contributed by atoms with Crippen LogP contribution in [0, 0.1) is 0 Å². The lowest BCUT2D eigenvalue weighted by molar-refractivity contribution is -0.150. The standard InChI is InChI=1S/C8H11ClFNO3/c1-14-8(13)6-2-5(10)4-11(6)7(12)3-9/h5-6H,2-4H2,1H3/t5-,6+/m0/s1. The number of ether oxygens (including phenoxy) is 1. The Morgan fingerprint density at radius 2 is 2.29 bits per heavy atom. The summed E-state index contributed by atoms with van der Waals surface area (Å²) in [5, 5.41) is 0. The first-order chi connectivity index (χ1) is 6.60. The fraction of sp³-hybridized carbons (Fsp3) is 0.750. The van der Waals surface area contributed by atoms with Crippen LogP contribution in [0.15, 0.2) is 0 Å². The van der Waals surface area contributed by atoms with Gasteiger partial charge in [0.15, 0.2) is 0 Å². The highest BCUT2D eigenvalue weighted by atomic mass is 35.5. The molecule has 80 valence electrons. The van der Waals surface area contributed by atoms with E-state index in [2.05, 4.69) is 4.74 Å². The number of hydrogen-bond donors (Lipinski definition) is 0. The van der Waals surface area contributed by atoms with Crippen LogP contribution >= 0.6 is 11.6 Å².